The van der Waals surface area contributed by atoms with Gasteiger partial charge in [-0.25, -0.2) is 4.79 Å². The van der Waals surface area contributed by atoms with E-state index < -0.39 is 18.3 Å². The van der Waals surface area contributed by atoms with Crippen LogP contribution in [0.2, 0.25) is 5.02 Å². The Kier molecular flexibility index (Phi) is 6.78. The predicted octanol–water partition coefficient (Wildman–Crippen LogP) is 2.53. The smallest absolute Gasteiger partial charge is 0.407 e. The van der Waals surface area contributed by atoms with Crippen LogP contribution in [0.5, 0.6) is 0 Å². The molecule has 130 valence electrons. The van der Waals surface area contributed by atoms with E-state index >= 15 is 0 Å². The summed E-state index contributed by atoms with van der Waals surface area (Å²) in [7, 11) is 0. The number of amides is 1. The van der Waals surface area contributed by atoms with Gasteiger partial charge in [-0.05, 0) is 23.3 Å². The number of carbonyl (C=O) groups is 1. The van der Waals surface area contributed by atoms with Gasteiger partial charge in [0.2, 0.25) is 0 Å². The van der Waals surface area contributed by atoms with Crippen LogP contribution in [0.3, 0.4) is 0 Å². The summed E-state index contributed by atoms with van der Waals surface area (Å²) in [6.07, 6.45) is -3.22. The van der Waals surface area contributed by atoms with E-state index in [2.05, 4.69) is 5.32 Å². The maximum atomic E-state index is 11.6. The van der Waals surface area contributed by atoms with Crippen molar-refractivity contribution in [1.29, 1.82) is 5.26 Å². The van der Waals surface area contributed by atoms with E-state index in [0.717, 1.165) is 5.56 Å². The highest BCUT2D eigenvalue weighted by Crippen LogP contribution is 2.23. The molecule has 0 aliphatic heterocycles. The van der Waals surface area contributed by atoms with Gasteiger partial charge in [-0.15, -0.1) is 0 Å². The van der Waals surface area contributed by atoms with Crippen molar-refractivity contribution in [3.63, 3.8) is 0 Å². The van der Waals surface area contributed by atoms with Gasteiger partial charge < -0.3 is 20.3 Å². The number of rotatable bonds is 6. The number of carbonyl (C=O) groups excluding carboxylic acids is 1. The van der Waals surface area contributed by atoms with E-state index in [1.807, 2.05) is 36.4 Å². The summed E-state index contributed by atoms with van der Waals surface area (Å²) in [6.45, 7) is -0.0943. The molecule has 0 aromatic heterocycles. The van der Waals surface area contributed by atoms with Crippen LogP contribution in [-0.4, -0.2) is 29.0 Å². The topological polar surface area (TPSA) is 103 Å². The fourth-order valence-corrected chi connectivity index (χ4v) is 2.33. The first-order valence-corrected chi connectivity index (χ1v) is 7.89. The van der Waals surface area contributed by atoms with Crippen molar-refractivity contribution in [3.8, 4) is 6.07 Å². The minimum Gasteiger partial charge on any atom is -0.445 e. The lowest BCUT2D eigenvalue weighted by Crippen LogP contribution is -2.35. The van der Waals surface area contributed by atoms with Crippen LogP contribution in [0.25, 0.3) is 0 Å². The van der Waals surface area contributed by atoms with E-state index in [9.17, 15) is 15.0 Å². The first-order valence-electron chi connectivity index (χ1n) is 7.51. The molecule has 1 amide bonds. The van der Waals surface area contributed by atoms with Gasteiger partial charge in [0.05, 0.1) is 10.6 Å². The van der Waals surface area contributed by atoms with Crippen LogP contribution in [0.1, 0.15) is 22.8 Å². The molecule has 0 aliphatic carbocycles. The Balaban J connectivity index is 1.82. The third kappa shape index (κ3) is 5.47. The van der Waals surface area contributed by atoms with Crippen molar-refractivity contribution >= 4 is 17.7 Å². The molecule has 2 aromatic carbocycles. The van der Waals surface area contributed by atoms with Crippen molar-refractivity contribution in [2.24, 2.45) is 0 Å². The van der Waals surface area contributed by atoms with Gasteiger partial charge in [-0.1, -0.05) is 48.0 Å². The lowest BCUT2D eigenvalue weighted by molar-refractivity contribution is 0.0184. The highest BCUT2D eigenvalue weighted by molar-refractivity contribution is 6.31. The zero-order chi connectivity index (χ0) is 18.2. The maximum absolute atomic E-state index is 11.6. The van der Waals surface area contributed by atoms with E-state index in [0.29, 0.717) is 5.56 Å². The van der Waals surface area contributed by atoms with E-state index in [4.69, 9.17) is 21.6 Å². The van der Waals surface area contributed by atoms with Crippen molar-refractivity contribution in [2.75, 3.05) is 6.54 Å². The summed E-state index contributed by atoms with van der Waals surface area (Å²) in [5, 5.41) is 31.5. The molecule has 2 rings (SSSR count). The van der Waals surface area contributed by atoms with Gasteiger partial charge in [0.15, 0.2) is 0 Å². The molecule has 6 nitrogen and oxygen atoms in total. The van der Waals surface area contributed by atoms with Gasteiger partial charge >= 0.3 is 6.09 Å². The summed E-state index contributed by atoms with van der Waals surface area (Å²) < 4.78 is 5.01. The molecule has 2 aromatic rings. The molecular formula is C18H17ClN2O4. The largest absolute Gasteiger partial charge is 0.445 e. The number of aliphatic hydroxyl groups excluding tert-OH is 2. The molecule has 0 saturated carbocycles. The van der Waals surface area contributed by atoms with Crippen molar-refractivity contribution in [1.82, 2.24) is 5.32 Å². The van der Waals surface area contributed by atoms with Gasteiger partial charge in [-0.3, -0.25) is 0 Å². The SMILES string of the molecule is N#Cc1ccc(C(O)C(O)CNC(=O)OCc2ccccc2)cc1Cl. The van der Waals surface area contributed by atoms with E-state index in [1.165, 1.54) is 18.2 Å². The normalized spacial score (nSPS) is 12.7. The zero-order valence-electron chi connectivity index (χ0n) is 13.2. The van der Waals surface area contributed by atoms with Crippen molar-refractivity contribution in [2.45, 2.75) is 18.8 Å². The highest BCUT2D eigenvalue weighted by atomic mass is 35.5. The second kappa shape index (κ2) is 9.04. The quantitative estimate of drug-likeness (QED) is 0.734. The number of nitrogens with one attached hydrogen (secondary N) is 1. The average Bonchev–Trinajstić information content (AvgIpc) is 2.64. The number of halogens is 1. The molecule has 0 heterocycles. The van der Waals surface area contributed by atoms with Gasteiger partial charge in [0.1, 0.15) is 24.9 Å². The second-order valence-electron chi connectivity index (χ2n) is 5.31. The zero-order valence-corrected chi connectivity index (χ0v) is 14.0. The standard InChI is InChI=1S/C18H17ClN2O4/c19-15-8-13(6-7-14(15)9-20)17(23)16(22)10-21-18(24)25-11-12-4-2-1-3-5-12/h1-8,16-17,22-23H,10-11H2,(H,21,24). The lowest BCUT2D eigenvalue weighted by Gasteiger charge is -2.19. The maximum Gasteiger partial charge on any atom is 0.407 e. The van der Waals surface area contributed by atoms with Crippen LogP contribution < -0.4 is 5.32 Å². The molecule has 0 spiro atoms. The average molecular weight is 361 g/mol. The van der Waals surface area contributed by atoms with Crippen LogP contribution in [0.4, 0.5) is 4.79 Å². The lowest BCUT2D eigenvalue weighted by atomic mass is 10.0. The first-order chi connectivity index (χ1) is 12.0. The Labute approximate surface area is 150 Å². The molecule has 0 bridgehead atoms. The fourth-order valence-electron chi connectivity index (χ4n) is 2.10. The van der Waals surface area contributed by atoms with Crippen LogP contribution in [0.15, 0.2) is 48.5 Å². The minimum absolute atomic E-state index is 0.108. The number of hydrogen-bond acceptors (Lipinski definition) is 5. The first kappa shape index (κ1) is 18.7. The molecule has 2 unspecified atom stereocenters. The Morgan fingerprint density at radius 2 is 1.96 bits per heavy atom. The predicted molar refractivity (Wildman–Crippen MR) is 91.8 cm³/mol. The number of hydrogen-bond donors (Lipinski definition) is 3. The molecule has 3 N–H and O–H groups in total. The Morgan fingerprint density at radius 1 is 1.24 bits per heavy atom. The molecule has 0 aliphatic rings. The van der Waals surface area contributed by atoms with Gasteiger partial charge in [-0.2, -0.15) is 5.26 Å². The molecule has 25 heavy (non-hydrogen) atoms. The molecular weight excluding hydrogens is 344 g/mol. The second-order valence-corrected chi connectivity index (χ2v) is 5.71. The fraction of sp³-hybridized carbons (Fsp3) is 0.222. The molecule has 7 heteroatoms. The number of alkyl carbamates (subject to hydrolysis) is 1. The van der Waals surface area contributed by atoms with Crippen LogP contribution in [-0.2, 0) is 11.3 Å². The summed E-state index contributed by atoms with van der Waals surface area (Å²) in [5.41, 5.74) is 1.45. The third-order valence-electron chi connectivity index (χ3n) is 3.49. The Hall–Kier alpha value is -2.59. The molecule has 0 saturated heterocycles. The number of aliphatic hydroxyl groups is 2. The summed E-state index contributed by atoms with van der Waals surface area (Å²) in [5.74, 6) is 0. The molecule has 0 fully saturated rings. The minimum atomic E-state index is -1.26. The van der Waals surface area contributed by atoms with E-state index in [1.54, 1.807) is 0 Å². The number of nitrogens with zero attached hydrogens (tertiary/aromatic N) is 1. The Morgan fingerprint density at radius 3 is 2.60 bits per heavy atom. The van der Waals surface area contributed by atoms with Crippen LogP contribution >= 0.6 is 11.6 Å². The van der Waals surface area contributed by atoms with Gasteiger partial charge in [0, 0.05) is 6.54 Å². The Bertz CT molecular complexity index is 761. The molecule has 0 radical (unpaired) electrons. The monoisotopic (exact) mass is 360 g/mol. The number of benzene rings is 2. The third-order valence-corrected chi connectivity index (χ3v) is 3.80. The van der Waals surface area contributed by atoms with E-state index in [-0.39, 0.29) is 23.7 Å². The number of ether oxygens (including phenoxy) is 1. The molecule has 2 atom stereocenters. The highest BCUT2D eigenvalue weighted by Gasteiger charge is 2.20. The summed E-state index contributed by atoms with van der Waals surface area (Å²) in [4.78, 5) is 11.6. The van der Waals surface area contributed by atoms with Crippen LogP contribution in [0, 0.1) is 11.3 Å². The summed E-state index contributed by atoms with van der Waals surface area (Å²) in [6, 6.07) is 15.4. The van der Waals surface area contributed by atoms with Crippen molar-refractivity contribution < 1.29 is 19.7 Å². The van der Waals surface area contributed by atoms with Crippen molar-refractivity contribution in [3.05, 3.63) is 70.2 Å². The summed E-state index contributed by atoms with van der Waals surface area (Å²) >= 11 is 5.90. The number of nitriles is 1. The van der Waals surface area contributed by atoms with Gasteiger partial charge in [0.25, 0.3) is 0 Å².